The molecule has 3 unspecified atom stereocenters. The van der Waals surface area contributed by atoms with Gasteiger partial charge in [0, 0.05) is 11.8 Å². The van der Waals surface area contributed by atoms with Crippen LogP contribution in [-0.4, -0.2) is 5.97 Å². The molecule has 2 nitrogen and oxygen atoms in total. The predicted molar refractivity (Wildman–Crippen MR) is 68.4 cm³/mol. The topological polar surface area (TPSA) is 26.3 Å². The van der Waals surface area contributed by atoms with Gasteiger partial charge in [-0.15, -0.1) is 0 Å². The molecule has 0 aromatic carbocycles. The van der Waals surface area contributed by atoms with Crippen molar-refractivity contribution in [3.8, 4) is 0 Å². The summed E-state index contributed by atoms with van der Waals surface area (Å²) in [5, 5.41) is 0.534. The average molecular weight is 259 g/mol. The number of esters is 1. The minimum Gasteiger partial charge on any atom is -0.428 e. The fourth-order valence-electron chi connectivity index (χ4n) is 3.51. The van der Waals surface area contributed by atoms with Crippen molar-refractivity contribution in [2.75, 3.05) is 0 Å². The molecule has 2 fully saturated rings. The van der Waals surface area contributed by atoms with Crippen molar-refractivity contribution in [2.24, 2.45) is 23.2 Å². The lowest BCUT2D eigenvalue weighted by molar-refractivity contribution is -0.141. The van der Waals surface area contributed by atoms with Crippen molar-refractivity contribution in [1.82, 2.24) is 0 Å². The third-order valence-corrected chi connectivity index (χ3v) is 4.69. The Morgan fingerprint density at radius 2 is 1.72 bits per heavy atom. The lowest BCUT2D eigenvalue weighted by atomic mass is 9.86. The first-order chi connectivity index (χ1) is 8.76. The third kappa shape index (κ3) is 1.03. The highest BCUT2D eigenvalue weighted by atomic mass is 35.5. The molecule has 0 amide bonds. The van der Waals surface area contributed by atoms with Crippen LogP contribution in [0.5, 0.6) is 0 Å². The van der Waals surface area contributed by atoms with E-state index >= 15 is 0 Å². The van der Waals surface area contributed by atoms with E-state index in [1.54, 1.807) is 6.08 Å². The summed E-state index contributed by atoms with van der Waals surface area (Å²) in [6, 6.07) is 0. The van der Waals surface area contributed by atoms with E-state index in [0.29, 0.717) is 10.8 Å². The Morgan fingerprint density at radius 3 is 2.44 bits per heavy atom. The molecule has 4 rings (SSSR count). The first-order valence-corrected chi connectivity index (χ1v) is 6.46. The summed E-state index contributed by atoms with van der Waals surface area (Å²) < 4.78 is 5.47. The minimum absolute atomic E-state index is 0.0325. The molecular formula is C15H11ClO2. The van der Waals surface area contributed by atoms with Crippen LogP contribution in [0.3, 0.4) is 0 Å². The molecule has 3 atom stereocenters. The monoisotopic (exact) mass is 258 g/mol. The summed E-state index contributed by atoms with van der Waals surface area (Å²) in [5.41, 5.74) is -0.443. The first kappa shape index (κ1) is 10.4. The molecule has 18 heavy (non-hydrogen) atoms. The summed E-state index contributed by atoms with van der Waals surface area (Å²) in [5.74, 6) is 0.957. The van der Waals surface area contributed by atoms with Gasteiger partial charge in [0.1, 0.15) is 5.76 Å². The number of carbonyl (C=O) groups is 1. The maximum absolute atomic E-state index is 12.3. The lowest BCUT2D eigenvalue weighted by Gasteiger charge is -2.11. The number of fused-ring (bicyclic) bond motifs is 5. The minimum atomic E-state index is -0.443. The van der Waals surface area contributed by atoms with Crippen molar-refractivity contribution in [2.45, 2.75) is 0 Å². The molecule has 1 spiro atoms. The van der Waals surface area contributed by atoms with Crippen molar-refractivity contribution in [1.29, 1.82) is 0 Å². The van der Waals surface area contributed by atoms with Gasteiger partial charge in [0.15, 0.2) is 0 Å². The summed E-state index contributed by atoms with van der Waals surface area (Å²) in [6.07, 6.45) is 15.9. The number of hydrogen-bond donors (Lipinski definition) is 0. The van der Waals surface area contributed by atoms with Crippen LogP contribution in [0.15, 0.2) is 59.4 Å². The van der Waals surface area contributed by atoms with E-state index in [4.69, 9.17) is 16.3 Å². The van der Waals surface area contributed by atoms with Gasteiger partial charge in [-0.05, 0) is 6.08 Å². The van der Waals surface area contributed by atoms with Gasteiger partial charge >= 0.3 is 5.97 Å². The van der Waals surface area contributed by atoms with Gasteiger partial charge in [-0.2, -0.15) is 0 Å². The van der Waals surface area contributed by atoms with E-state index in [-0.39, 0.29) is 23.7 Å². The third-order valence-electron chi connectivity index (χ3n) is 4.37. The van der Waals surface area contributed by atoms with Gasteiger partial charge in [-0.25, -0.2) is 0 Å². The quantitative estimate of drug-likeness (QED) is 0.624. The van der Waals surface area contributed by atoms with Crippen LogP contribution >= 0.6 is 11.6 Å². The Hall–Kier alpha value is -1.54. The van der Waals surface area contributed by atoms with Gasteiger partial charge < -0.3 is 4.74 Å². The average Bonchev–Trinajstić information content (AvgIpc) is 3.00. The Morgan fingerprint density at radius 1 is 1.06 bits per heavy atom. The van der Waals surface area contributed by atoms with E-state index < -0.39 is 5.41 Å². The summed E-state index contributed by atoms with van der Waals surface area (Å²) in [6.45, 7) is 0. The number of hydrogen-bond acceptors (Lipinski definition) is 2. The summed E-state index contributed by atoms with van der Waals surface area (Å²) in [7, 11) is 0. The number of carbonyl (C=O) groups excluding carboxylic acids is 1. The molecule has 1 heterocycles. The molecule has 3 aliphatic carbocycles. The molecule has 3 heteroatoms. The van der Waals surface area contributed by atoms with Crippen LogP contribution in [0.25, 0.3) is 0 Å². The Balaban J connectivity index is 1.88. The van der Waals surface area contributed by atoms with Crippen molar-refractivity contribution in [3.63, 3.8) is 0 Å². The maximum Gasteiger partial charge on any atom is 0.319 e. The molecule has 0 aromatic rings. The predicted octanol–water partition coefficient (Wildman–Crippen LogP) is 3.09. The zero-order chi connectivity index (χ0) is 12.3. The van der Waals surface area contributed by atoms with Gasteiger partial charge in [-0.1, -0.05) is 54.1 Å². The highest BCUT2D eigenvalue weighted by molar-refractivity contribution is 6.31. The Labute approximate surface area is 110 Å². The first-order valence-electron chi connectivity index (χ1n) is 6.08. The normalized spacial score (nSPS) is 42.9. The molecule has 0 radical (unpaired) electrons. The summed E-state index contributed by atoms with van der Waals surface area (Å²) in [4.78, 5) is 12.3. The van der Waals surface area contributed by atoms with Gasteiger partial charge in [-0.3, -0.25) is 4.79 Å². The van der Waals surface area contributed by atoms with E-state index in [1.807, 2.05) is 30.4 Å². The number of ether oxygens (including phenoxy) is 1. The molecule has 4 aliphatic rings. The van der Waals surface area contributed by atoms with E-state index in [9.17, 15) is 4.79 Å². The van der Waals surface area contributed by atoms with Crippen LogP contribution in [0, 0.1) is 23.2 Å². The zero-order valence-corrected chi connectivity index (χ0v) is 10.3. The van der Waals surface area contributed by atoms with Gasteiger partial charge in [0.05, 0.1) is 16.4 Å². The largest absolute Gasteiger partial charge is 0.428 e. The number of allylic oxidation sites excluding steroid dienone is 9. The molecule has 1 saturated carbocycles. The fraction of sp³-hybridized carbons (Fsp3) is 0.267. The number of rotatable bonds is 0. The van der Waals surface area contributed by atoms with Crippen LogP contribution in [-0.2, 0) is 9.53 Å². The molecular weight excluding hydrogens is 248 g/mol. The van der Waals surface area contributed by atoms with Crippen molar-refractivity contribution in [3.05, 3.63) is 59.4 Å². The fourth-order valence-corrected chi connectivity index (χ4v) is 3.74. The second-order valence-electron chi connectivity index (χ2n) is 5.08. The van der Waals surface area contributed by atoms with Gasteiger partial charge in [0.2, 0.25) is 0 Å². The molecule has 0 bridgehead atoms. The molecule has 0 aromatic heterocycles. The Kier molecular flexibility index (Phi) is 1.89. The van der Waals surface area contributed by atoms with Crippen LogP contribution in [0.4, 0.5) is 0 Å². The standard InChI is InChI=1S/C15H11ClO2/c16-12-8-4-3-7-11-13(12)18-14(17)15(11)9-5-1-2-6-10(9)15/h1-11H. The molecule has 1 saturated heterocycles. The molecule has 1 aliphatic heterocycles. The van der Waals surface area contributed by atoms with Gasteiger partial charge in [0.25, 0.3) is 0 Å². The lowest BCUT2D eigenvalue weighted by Crippen LogP contribution is -2.19. The van der Waals surface area contributed by atoms with E-state index in [2.05, 4.69) is 12.2 Å². The van der Waals surface area contributed by atoms with Crippen molar-refractivity contribution >= 4 is 17.6 Å². The number of halogens is 1. The van der Waals surface area contributed by atoms with E-state index in [0.717, 1.165) is 0 Å². The van der Waals surface area contributed by atoms with Crippen LogP contribution in [0.1, 0.15) is 0 Å². The maximum atomic E-state index is 12.3. The second kappa shape index (κ2) is 3.27. The van der Waals surface area contributed by atoms with Crippen LogP contribution in [0.2, 0.25) is 0 Å². The van der Waals surface area contributed by atoms with E-state index in [1.165, 1.54) is 0 Å². The summed E-state index contributed by atoms with van der Waals surface area (Å²) >= 11 is 6.18. The highest BCUT2D eigenvalue weighted by Crippen LogP contribution is 2.71. The zero-order valence-electron chi connectivity index (χ0n) is 9.55. The SMILES string of the molecule is O=C1OC2=C(Cl)C=CC=CC2C12C1C=CC=CC12. The second-order valence-corrected chi connectivity index (χ2v) is 5.48. The van der Waals surface area contributed by atoms with Crippen molar-refractivity contribution < 1.29 is 9.53 Å². The Bertz CT molecular complexity index is 574. The molecule has 0 N–H and O–H groups in total. The smallest absolute Gasteiger partial charge is 0.319 e. The molecule has 90 valence electrons. The van der Waals surface area contributed by atoms with Crippen LogP contribution < -0.4 is 0 Å². The highest BCUT2D eigenvalue weighted by Gasteiger charge is 2.75.